The van der Waals surface area contributed by atoms with E-state index in [1.165, 1.54) is 0 Å². The maximum Gasteiger partial charge on any atom is 0.328 e. The highest BCUT2D eigenvalue weighted by molar-refractivity contribution is 5.80. The molecule has 0 aliphatic carbocycles. The van der Waals surface area contributed by atoms with Crippen LogP contribution in [0.15, 0.2) is 59.5 Å². The first-order valence-electron chi connectivity index (χ1n) is 11.6. The average molecular weight is 445 g/mol. The number of nitrogens with one attached hydrogen (secondary N) is 1. The Labute approximate surface area is 194 Å². The lowest BCUT2D eigenvalue weighted by Crippen LogP contribution is -2.26. The van der Waals surface area contributed by atoms with Crippen LogP contribution in [0.3, 0.4) is 0 Å². The standard InChI is InChI=1S/C26H32N6O/c1-18(2)13-14-31-17-22(15-19(3)4)32(26(31)33)16-20-9-11-21(12-10-20)23-7-5-6-8-24(23)25-27-29-30-28-25/h5-12,17-19H,13-16H2,1-4H3,(H,27,28,29,30). The molecule has 0 saturated carbocycles. The maximum absolute atomic E-state index is 13.2. The minimum Gasteiger partial charge on any atom is -0.299 e. The molecular formula is C26H32N6O. The average Bonchev–Trinajstić information content (AvgIpc) is 3.42. The zero-order chi connectivity index (χ0) is 23.4. The predicted octanol–water partition coefficient (Wildman–Crippen LogP) is 4.79. The van der Waals surface area contributed by atoms with Gasteiger partial charge in [0, 0.05) is 24.0 Å². The molecule has 7 nitrogen and oxygen atoms in total. The van der Waals surface area contributed by atoms with Crippen LogP contribution < -0.4 is 5.69 Å². The number of rotatable bonds is 9. The molecule has 0 atom stereocenters. The van der Waals surface area contributed by atoms with Gasteiger partial charge in [-0.15, -0.1) is 5.10 Å². The van der Waals surface area contributed by atoms with E-state index in [1.807, 2.05) is 27.3 Å². The number of benzene rings is 2. The molecule has 2 heterocycles. The Balaban J connectivity index is 1.61. The Bertz CT molecular complexity index is 1230. The van der Waals surface area contributed by atoms with Crippen LogP contribution >= 0.6 is 0 Å². The van der Waals surface area contributed by atoms with E-state index in [1.54, 1.807) is 0 Å². The Morgan fingerprint density at radius 1 is 0.939 bits per heavy atom. The molecule has 4 rings (SSSR count). The highest BCUT2D eigenvalue weighted by Crippen LogP contribution is 2.29. The normalized spacial score (nSPS) is 11.6. The topological polar surface area (TPSA) is 81.4 Å². The van der Waals surface area contributed by atoms with Crippen LogP contribution in [0.1, 0.15) is 45.4 Å². The second-order valence-electron chi connectivity index (χ2n) is 9.46. The first-order valence-corrected chi connectivity index (χ1v) is 11.6. The SMILES string of the molecule is CC(C)CCn1cc(CC(C)C)n(Cc2ccc(-c3ccccc3-c3nnn[nH]3)cc2)c1=O. The van der Waals surface area contributed by atoms with Crippen LogP contribution in [0.2, 0.25) is 0 Å². The summed E-state index contributed by atoms with van der Waals surface area (Å²) in [5.74, 6) is 1.69. The fraction of sp³-hybridized carbons (Fsp3) is 0.385. The molecule has 0 radical (unpaired) electrons. The number of aromatic nitrogens is 6. The number of imidazole rings is 1. The van der Waals surface area contributed by atoms with Gasteiger partial charge in [0.05, 0.1) is 6.54 Å². The highest BCUT2D eigenvalue weighted by atomic mass is 16.1. The number of nitrogens with zero attached hydrogens (tertiary/aromatic N) is 5. The lowest BCUT2D eigenvalue weighted by atomic mass is 9.98. The number of aromatic amines is 1. The van der Waals surface area contributed by atoms with E-state index in [0.29, 0.717) is 24.2 Å². The van der Waals surface area contributed by atoms with E-state index in [2.05, 4.69) is 84.8 Å². The first-order chi connectivity index (χ1) is 15.9. The molecule has 33 heavy (non-hydrogen) atoms. The Kier molecular flexibility index (Phi) is 6.87. The molecule has 0 fully saturated rings. The van der Waals surface area contributed by atoms with Crippen molar-refractivity contribution in [3.05, 3.63) is 76.5 Å². The van der Waals surface area contributed by atoms with Gasteiger partial charge >= 0.3 is 5.69 Å². The number of H-pyrrole nitrogens is 1. The summed E-state index contributed by atoms with van der Waals surface area (Å²) in [5, 5.41) is 14.3. The number of tetrazole rings is 1. The highest BCUT2D eigenvalue weighted by Gasteiger charge is 2.14. The second-order valence-corrected chi connectivity index (χ2v) is 9.46. The first kappa shape index (κ1) is 22.7. The molecule has 2 aromatic carbocycles. The van der Waals surface area contributed by atoms with Crippen LogP contribution in [0.4, 0.5) is 0 Å². The molecule has 0 saturated heterocycles. The Morgan fingerprint density at radius 2 is 1.67 bits per heavy atom. The minimum absolute atomic E-state index is 0.0820. The lowest BCUT2D eigenvalue weighted by Gasteiger charge is -2.11. The molecule has 2 aromatic heterocycles. The summed E-state index contributed by atoms with van der Waals surface area (Å²) >= 11 is 0. The van der Waals surface area contributed by atoms with E-state index in [4.69, 9.17) is 0 Å². The largest absolute Gasteiger partial charge is 0.328 e. The summed E-state index contributed by atoms with van der Waals surface area (Å²) < 4.78 is 3.82. The summed E-state index contributed by atoms with van der Waals surface area (Å²) in [5.41, 5.74) is 5.37. The van der Waals surface area contributed by atoms with Crippen LogP contribution in [0, 0.1) is 11.8 Å². The summed E-state index contributed by atoms with van der Waals surface area (Å²) in [6, 6.07) is 16.4. The van der Waals surface area contributed by atoms with Gasteiger partial charge in [-0.3, -0.25) is 9.13 Å². The van der Waals surface area contributed by atoms with Gasteiger partial charge in [0.1, 0.15) is 0 Å². The van der Waals surface area contributed by atoms with Gasteiger partial charge in [0.15, 0.2) is 5.82 Å². The van der Waals surface area contributed by atoms with Crippen molar-refractivity contribution >= 4 is 0 Å². The molecule has 1 N–H and O–H groups in total. The fourth-order valence-corrected chi connectivity index (χ4v) is 4.08. The van der Waals surface area contributed by atoms with Crippen molar-refractivity contribution < 1.29 is 0 Å². The molecule has 0 aliphatic rings. The number of hydrogen-bond acceptors (Lipinski definition) is 4. The van der Waals surface area contributed by atoms with Crippen molar-refractivity contribution in [3.63, 3.8) is 0 Å². The van der Waals surface area contributed by atoms with Crippen LogP contribution in [0.5, 0.6) is 0 Å². The van der Waals surface area contributed by atoms with Gasteiger partial charge in [0.2, 0.25) is 0 Å². The lowest BCUT2D eigenvalue weighted by molar-refractivity contribution is 0.502. The van der Waals surface area contributed by atoms with Gasteiger partial charge < -0.3 is 0 Å². The van der Waals surface area contributed by atoms with E-state index < -0.39 is 0 Å². The molecule has 172 valence electrons. The van der Waals surface area contributed by atoms with Crippen molar-refractivity contribution in [3.8, 4) is 22.5 Å². The van der Waals surface area contributed by atoms with Crippen molar-refractivity contribution in [2.75, 3.05) is 0 Å². The van der Waals surface area contributed by atoms with Gasteiger partial charge in [-0.25, -0.2) is 9.89 Å². The van der Waals surface area contributed by atoms with Gasteiger partial charge in [-0.2, -0.15) is 0 Å². The van der Waals surface area contributed by atoms with E-state index in [9.17, 15) is 4.79 Å². The van der Waals surface area contributed by atoms with Crippen molar-refractivity contribution in [2.24, 2.45) is 11.8 Å². The zero-order valence-electron chi connectivity index (χ0n) is 19.8. The summed E-state index contributed by atoms with van der Waals surface area (Å²) in [6.07, 6.45) is 3.95. The second kappa shape index (κ2) is 9.98. The summed E-state index contributed by atoms with van der Waals surface area (Å²) in [7, 11) is 0. The molecule has 0 unspecified atom stereocenters. The molecule has 7 heteroatoms. The van der Waals surface area contributed by atoms with Gasteiger partial charge in [-0.1, -0.05) is 76.2 Å². The maximum atomic E-state index is 13.2. The monoisotopic (exact) mass is 444 g/mol. The molecule has 0 aliphatic heterocycles. The third kappa shape index (κ3) is 5.30. The Morgan fingerprint density at radius 3 is 2.30 bits per heavy atom. The van der Waals surface area contributed by atoms with Crippen LogP contribution in [0.25, 0.3) is 22.5 Å². The molecular weight excluding hydrogens is 412 g/mol. The molecule has 0 amide bonds. The minimum atomic E-state index is 0.0820. The van der Waals surface area contributed by atoms with Gasteiger partial charge in [0.25, 0.3) is 0 Å². The van der Waals surface area contributed by atoms with Crippen molar-refractivity contribution in [1.29, 1.82) is 0 Å². The van der Waals surface area contributed by atoms with Crippen molar-refractivity contribution in [1.82, 2.24) is 29.8 Å². The van der Waals surface area contributed by atoms with E-state index in [-0.39, 0.29) is 5.69 Å². The number of hydrogen-bond donors (Lipinski definition) is 1. The quantitative estimate of drug-likeness (QED) is 0.402. The molecule has 0 bridgehead atoms. The van der Waals surface area contributed by atoms with Gasteiger partial charge in [-0.05, 0) is 51.8 Å². The molecule has 0 spiro atoms. The summed E-state index contributed by atoms with van der Waals surface area (Å²) in [6.45, 7) is 10.1. The third-order valence-electron chi connectivity index (χ3n) is 5.83. The zero-order valence-corrected chi connectivity index (χ0v) is 19.8. The van der Waals surface area contributed by atoms with Crippen LogP contribution in [-0.2, 0) is 19.5 Å². The summed E-state index contributed by atoms with van der Waals surface area (Å²) in [4.78, 5) is 13.2. The van der Waals surface area contributed by atoms with Crippen molar-refractivity contribution in [2.45, 2.75) is 53.6 Å². The third-order valence-corrected chi connectivity index (χ3v) is 5.83. The van der Waals surface area contributed by atoms with E-state index >= 15 is 0 Å². The van der Waals surface area contributed by atoms with Crippen LogP contribution in [-0.4, -0.2) is 29.8 Å². The number of aryl methyl sites for hydroxylation is 1. The fourth-order valence-electron chi connectivity index (χ4n) is 4.08. The molecule has 4 aromatic rings. The predicted molar refractivity (Wildman–Crippen MR) is 131 cm³/mol. The Hall–Kier alpha value is -3.48. The van der Waals surface area contributed by atoms with E-state index in [0.717, 1.165) is 47.3 Å². The smallest absolute Gasteiger partial charge is 0.299 e.